The zero-order valence-corrected chi connectivity index (χ0v) is 14.7. The molecule has 1 aromatic heterocycles. The van der Waals surface area contributed by atoms with E-state index in [9.17, 15) is 4.79 Å². The van der Waals surface area contributed by atoms with E-state index in [1.807, 2.05) is 30.3 Å². The Labute approximate surface area is 156 Å². The molecule has 0 fully saturated rings. The Bertz CT molecular complexity index is 928. The van der Waals surface area contributed by atoms with Gasteiger partial charge in [-0.25, -0.2) is 9.97 Å². The number of nitrogens with zero attached hydrogens (tertiary/aromatic N) is 2. The van der Waals surface area contributed by atoms with Crippen molar-refractivity contribution in [3.8, 4) is 11.4 Å². The van der Waals surface area contributed by atoms with Gasteiger partial charge in [0.2, 0.25) is 0 Å². The summed E-state index contributed by atoms with van der Waals surface area (Å²) in [6.07, 6.45) is 1.72. The van der Waals surface area contributed by atoms with Gasteiger partial charge in [0.15, 0.2) is 5.82 Å². The smallest absolute Gasteiger partial charge is 0.274 e. The molecule has 26 heavy (non-hydrogen) atoms. The Morgan fingerprint density at radius 1 is 1.08 bits per heavy atom. The highest BCUT2D eigenvalue weighted by molar-refractivity contribution is 6.33. The molecule has 0 saturated heterocycles. The van der Waals surface area contributed by atoms with Crippen LogP contribution in [0.25, 0.3) is 11.4 Å². The van der Waals surface area contributed by atoms with Crippen LogP contribution in [0, 0.1) is 0 Å². The number of amides is 1. The normalized spacial score (nSPS) is 10.2. The van der Waals surface area contributed by atoms with Crippen LogP contribution in [0.3, 0.4) is 0 Å². The molecule has 130 valence electrons. The van der Waals surface area contributed by atoms with Gasteiger partial charge in [-0.3, -0.25) is 4.79 Å². The van der Waals surface area contributed by atoms with Crippen LogP contribution in [0.1, 0.15) is 10.5 Å². The zero-order chi connectivity index (χ0) is 18.4. The molecule has 0 spiro atoms. The van der Waals surface area contributed by atoms with Crippen molar-refractivity contribution in [3.05, 3.63) is 84.0 Å². The van der Waals surface area contributed by atoms with E-state index >= 15 is 0 Å². The fraction of sp³-hybridized carbons (Fsp3) is 0.0500. The van der Waals surface area contributed by atoms with Crippen molar-refractivity contribution in [3.63, 3.8) is 0 Å². The molecule has 2 N–H and O–H groups in total. The van der Waals surface area contributed by atoms with E-state index < -0.39 is 0 Å². The molecule has 3 aromatic rings. The molecule has 5 nitrogen and oxygen atoms in total. The Hall–Kier alpha value is -3.18. The molecule has 1 amide bonds. The molecule has 0 unspecified atom stereocenters. The lowest BCUT2D eigenvalue weighted by Gasteiger charge is -2.10. The Kier molecular flexibility index (Phi) is 5.61. The van der Waals surface area contributed by atoms with E-state index in [2.05, 4.69) is 27.2 Å². The SMILES string of the molecule is C=CCNc1cc(C(=O)Nc2ccccc2Cl)nc(-c2ccccc2)n1. The first-order valence-electron chi connectivity index (χ1n) is 8.02. The van der Waals surface area contributed by atoms with Crippen LogP contribution in [-0.2, 0) is 0 Å². The minimum Gasteiger partial charge on any atom is -0.366 e. The molecular weight excluding hydrogens is 348 g/mol. The summed E-state index contributed by atoms with van der Waals surface area (Å²) in [6, 6.07) is 18.1. The fourth-order valence-corrected chi connectivity index (χ4v) is 2.48. The van der Waals surface area contributed by atoms with Crippen molar-refractivity contribution >= 4 is 29.0 Å². The molecule has 0 saturated carbocycles. The van der Waals surface area contributed by atoms with Gasteiger partial charge in [0, 0.05) is 18.2 Å². The summed E-state index contributed by atoms with van der Waals surface area (Å²) < 4.78 is 0. The van der Waals surface area contributed by atoms with E-state index in [-0.39, 0.29) is 11.6 Å². The number of anilines is 2. The highest BCUT2D eigenvalue weighted by Gasteiger charge is 2.14. The molecule has 1 heterocycles. The van der Waals surface area contributed by atoms with Crippen molar-refractivity contribution in [2.24, 2.45) is 0 Å². The third-order valence-corrected chi connectivity index (χ3v) is 3.87. The molecule has 0 bridgehead atoms. The predicted octanol–water partition coefficient (Wildman–Crippen LogP) is 4.65. The number of benzene rings is 2. The summed E-state index contributed by atoms with van der Waals surface area (Å²) in [5, 5.41) is 6.34. The predicted molar refractivity (Wildman–Crippen MR) is 106 cm³/mol. The number of carbonyl (C=O) groups excluding carboxylic acids is 1. The van der Waals surface area contributed by atoms with Crippen LogP contribution >= 0.6 is 11.6 Å². The van der Waals surface area contributed by atoms with Gasteiger partial charge in [0.05, 0.1) is 10.7 Å². The third-order valence-electron chi connectivity index (χ3n) is 3.54. The molecule has 2 aromatic carbocycles. The molecule has 0 radical (unpaired) electrons. The number of aromatic nitrogens is 2. The molecule has 0 aliphatic heterocycles. The maximum atomic E-state index is 12.7. The number of hydrogen-bond donors (Lipinski definition) is 2. The maximum Gasteiger partial charge on any atom is 0.274 e. The van der Waals surface area contributed by atoms with E-state index in [0.29, 0.717) is 28.9 Å². The van der Waals surface area contributed by atoms with Gasteiger partial charge in [-0.05, 0) is 12.1 Å². The second kappa shape index (κ2) is 8.27. The van der Waals surface area contributed by atoms with E-state index in [1.54, 1.807) is 36.4 Å². The summed E-state index contributed by atoms with van der Waals surface area (Å²) in [7, 11) is 0. The maximum absolute atomic E-state index is 12.7. The molecule has 3 rings (SSSR count). The van der Waals surface area contributed by atoms with Gasteiger partial charge in [0.25, 0.3) is 5.91 Å². The average Bonchev–Trinajstić information content (AvgIpc) is 2.68. The van der Waals surface area contributed by atoms with E-state index in [4.69, 9.17) is 11.6 Å². The number of nitrogens with one attached hydrogen (secondary N) is 2. The average molecular weight is 365 g/mol. The fourth-order valence-electron chi connectivity index (χ4n) is 2.30. The van der Waals surface area contributed by atoms with Crippen LogP contribution in [0.4, 0.5) is 11.5 Å². The lowest BCUT2D eigenvalue weighted by atomic mass is 10.2. The quantitative estimate of drug-likeness (QED) is 0.625. The number of halogens is 1. The van der Waals surface area contributed by atoms with E-state index in [0.717, 1.165) is 5.56 Å². The summed E-state index contributed by atoms with van der Waals surface area (Å²) in [6.45, 7) is 4.20. The zero-order valence-electron chi connectivity index (χ0n) is 13.9. The monoisotopic (exact) mass is 364 g/mol. The molecule has 0 atom stereocenters. The topological polar surface area (TPSA) is 66.9 Å². The Balaban J connectivity index is 1.95. The molecule has 6 heteroatoms. The molecule has 0 aliphatic carbocycles. The van der Waals surface area contributed by atoms with Crippen molar-refractivity contribution in [2.45, 2.75) is 0 Å². The summed E-state index contributed by atoms with van der Waals surface area (Å²) in [5.41, 5.74) is 1.59. The lowest BCUT2D eigenvalue weighted by Crippen LogP contribution is -2.16. The Morgan fingerprint density at radius 2 is 1.81 bits per heavy atom. The van der Waals surface area contributed by atoms with Gasteiger partial charge < -0.3 is 10.6 Å². The highest BCUT2D eigenvalue weighted by atomic mass is 35.5. The minimum absolute atomic E-state index is 0.241. The number of hydrogen-bond acceptors (Lipinski definition) is 4. The first-order valence-corrected chi connectivity index (χ1v) is 8.40. The van der Waals surface area contributed by atoms with Gasteiger partial charge >= 0.3 is 0 Å². The third kappa shape index (κ3) is 4.26. The molecule has 0 aliphatic rings. The second-order valence-corrected chi connectivity index (χ2v) is 5.84. The number of para-hydroxylation sites is 1. The van der Waals surface area contributed by atoms with Crippen LogP contribution in [-0.4, -0.2) is 22.4 Å². The van der Waals surface area contributed by atoms with Crippen molar-refractivity contribution < 1.29 is 4.79 Å². The largest absolute Gasteiger partial charge is 0.366 e. The first-order chi connectivity index (χ1) is 12.7. The van der Waals surface area contributed by atoms with E-state index in [1.165, 1.54) is 0 Å². The van der Waals surface area contributed by atoms with Crippen LogP contribution in [0.2, 0.25) is 5.02 Å². The minimum atomic E-state index is -0.362. The molecular formula is C20H17ClN4O. The Morgan fingerprint density at radius 3 is 2.54 bits per heavy atom. The summed E-state index contributed by atoms with van der Waals surface area (Å²) >= 11 is 6.11. The number of rotatable bonds is 6. The van der Waals surface area contributed by atoms with Crippen LogP contribution < -0.4 is 10.6 Å². The van der Waals surface area contributed by atoms with Gasteiger partial charge in [-0.1, -0.05) is 60.1 Å². The van der Waals surface area contributed by atoms with Gasteiger partial charge in [-0.2, -0.15) is 0 Å². The van der Waals surface area contributed by atoms with Crippen LogP contribution in [0.5, 0.6) is 0 Å². The highest BCUT2D eigenvalue weighted by Crippen LogP contribution is 2.22. The van der Waals surface area contributed by atoms with Crippen molar-refractivity contribution in [1.82, 2.24) is 9.97 Å². The lowest BCUT2D eigenvalue weighted by molar-refractivity contribution is 0.102. The first kappa shape index (κ1) is 17.6. The van der Waals surface area contributed by atoms with Gasteiger partial charge in [-0.15, -0.1) is 6.58 Å². The van der Waals surface area contributed by atoms with Gasteiger partial charge in [0.1, 0.15) is 11.5 Å². The summed E-state index contributed by atoms with van der Waals surface area (Å²) in [5.74, 6) is 0.645. The van der Waals surface area contributed by atoms with Crippen LogP contribution in [0.15, 0.2) is 73.3 Å². The standard InChI is InChI=1S/C20H17ClN4O/c1-2-12-22-18-13-17(20(26)24-16-11-7-6-10-15(16)21)23-19(25-18)14-8-4-3-5-9-14/h2-11,13H,1,12H2,(H,24,26)(H,22,23,25). The summed E-state index contributed by atoms with van der Waals surface area (Å²) in [4.78, 5) is 21.5. The second-order valence-electron chi connectivity index (χ2n) is 5.43. The van der Waals surface area contributed by atoms with Crippen molar-refractivity contribution in [2.75, 3.05) is 17.2 Å². The number of carbonyl (C=O) groups is 1. The van der Waals surface area contributed by atoms with Crippen molar-refractivity contribution in [1.29, 1.82) is 0 Å².